The molecule has 0 heterocycles. The first-order valence-corrected chi connectivity index (χ1v) is 5.43. The van der Waals surface area contributed by atoms with Crippen molar-refractivity contribution in [3.05, 3.63) is 78.4 Å². The summed E-state index contributed by atoms with van der Waals surface area (Å²) in [6.07, 6.45) is 10.8. The Kier molecular flexibility index (Phi) is 5.07. The van der Waals surface area contributed by atoms with Crippen LogP contribution in [-0.2, 0) is 6.42 Å². The average Bonchev–Trinajstić information content (AvgIpc) is 2.30. The molecule has 0 N–H and O–H groups in total. The van der Waals surface area contributed by atoms with E-state index >= 15 is 0 Å². The van der Waals surface area contributed by atoms with Crippen molar-refractivity contribution in [2.24, 2.45) is 0 Å². The van der Waals surface area contributed by atoms with Gasteiger partial charge >= 0.3 is 0 Å². The summed E-state index contributed by atoms with van der Waals surface area (Å²) < 4.78 is 0. The topological polar surface area (TPSA) is 0 Å². The second-order valence-electron chi connectivity index (χ2n) is 3.71. The summed E-state index contributed by atoms with van der Waals surface area (Å²) in [5.74, 6) is 0. The Balaban J connectivity index is 2.82. The number of allylic oxidation sites excluding steroid dienone is 5. The maximum atomic E-state index is 3.75. The van der Waals surface area contributed by atoms with Crippen LogP contribution in [0.3, 0.4) is 0 Å². The molecule has 0 saturated heterocycles. The van der Waals surface area contributed by atoms with E-state index in [1.54, 1.807) is 6.08 Å². The molecule has 1 rings (SSSR count). The van der Waals surface area contributed by atoms with E-state index in [2.05, 4.69) is 56.5 Å². The predicted molar refractivity (Wildman–Crippen MR) is 73.3 cm³/mol. The molecule has 0 aliphatic heterocycles. The highest BCUT2D eigenvalue weighted by molar-refractivity contribution is 5.55. The highest BCUT2D eigenvalue weighted by Gasteiger charge is 1.92. The van der Waals surface area contributed by atoms with Gasteiger partial charge in [-0.05, 0) is 24.5 Å². The van der Waals surface area contributed by atoms with E-state index in [4.69, 9.17) is 0 Å². The van der Waals surface area contributed by atoms with E-state index in [9.17, 15) is 0 Å². The SMILES string of the molecule is C=C/C=C\Cc1cccc(/C=C(/C)C=C)c1. The number of hydrogen-bond donors (Lipinski definition) is 0. The maximum absolute atomic E-state index is 3.75. The molecule has 1 aromatic rings. The lowest BCUT2D eigenvalue weighted by Crippen LogP contribution is -1.82. The van der Waals surface area contributed by atoms with Gasteiger partial charge in [0.15, 0.2) is 0 Å². The van der Waals surface area contributed by atoms with Gasteiger partial charge in [-0.2, -0.15) is 0 Å². The molecule has 0 bridgehead atoms. The zero-order valence-corrected chi connectivity index (χ0v) is 9.82. The van der Waals surface area contributed by atoms with Crippen LogP contribution in [-0.4, -0.2) is 0 Å². The standard InChI is InChI=1S/C16H18/c1-4-6-7-9-15-10-8-11-16(13-15)12-14(3)5-2/h4-8,10-13H,1-2,9H2,3H3/b7-6-,14-12-. The Morgan fingerprint density at radius 3 is 2.81 bits per heavy atom. The van der Waals surface area contributed by atoms with Crippen molar-refractivity contribution in [2.45, 2.75) is 13.3 Å². The predicted octanol–water partition coefficient (Wildman–Crippen LogP) is 4.56. The zero-order chi connectivity index (χ0) is 11.8. The van der Waals surface area contributed by atoms with Crippen LogP contribution in [0.4, 0.5) is 0 Å². The quantitative estimate of drug-likeness (QED) is 0.625. The molecule has 0 heteroatoms. The molecule has 0 aliphatic carbocycles. The molecule has 16 heavy (non-hydrogen) atoms. The van der Waals surface area contributed by atoms with Crippen LogP contribution < -0.4 is 0 Å². The van der Waals surface area contributed by atoms with Crippen molar-refractivity contribution < 1.29 is 0 Å². The fourth-order valence-corrected chi connectivity index (χ4v) is 1.43. The molecule has 1 aromatic carbocycles. The monoisotopic (exact) mass is 210 g/mol. The summed E-state index contributed by atoms with van der Waals surface area (Å²) in [6, 6.07) is 8.52. The van der Waals surface area contributed by atoms with Crippen molar-refractivity contribution in [1.82, 2.24) is 0 Å². The van der Waals surface area contributed by atoms with Crippen LogP contribution in [0.2, 0.25) is 0 Å². The van der Waals surface area contributed by atoms with Gasteiger partial charge in [0, 0.05) is 0 Å². The Morgan fingerprint density at radius 1 is 1.31 bits per heavy atom. The van der Waals surface area contributed by atoms with Crippen molar-refractivity contribution in [3.8, 4) is 0 Å². The first kappa shape index (κ1) is 12.3. The molecule has 0 amide bonds. The Labute approximate surface area is 98.3 Å². The Bertz CT molecular complexity index is 419. The van der Waals surface area contributed by atoms with Gasteiger partial charge in [0.2, 0.25) is 0 Å². The first-order chi connectivity index (χ1) is 7.76. The zero-order valence-electron chi connectivity index (χ0n) is 9.82. The largest absolute Gasteiger partial charge is 0.0991 e. The summed E-state index contributed by atoms with van der Waals surface area (Å²) in [4.78, 5) is 0. The van der Waals surface area contributed by atoms with Gasteiger partial charge in [-0.3, -0.25) is 0 Å². The highest BCUT2D eigenvalue weighted by Crippen LogP contribution is 2.11. The highest BCUT2D eigenvalue weighted by atomic mass is 14.0. The van der Waals surface area contributed by atoms with Crippen LogP contribution in [0.5, 0.6) is 0 Å². The molecule has 0 aliphatic rings. The summed E-state index contributed by atoms with van der Waals surface area (Å²) >= 11 is 0. The fraction of sp³-hybridized carbons (Fsp3) is 0.125. The van der Waals surface area contributed by atoms with Crippen molar-refractivity contribution in [1.29, 1.82) is 0 Å². The maximum Gasteiger partial charge on any atom is -0.00941 e. The van der Waals surface area contributed by atoms with Crippen LogP contribution in [0.1, 0.15) is 18.1 Å². The molecule has 0 aromatic heterocycles. The minimum absolute atomic E-state index is 0.945. The third-order valence-corrected chi connectivity index (χ3v) is 2.29. The summed E-state index contributed by atoms with van der Waals surface area (Å²) in [5, 5.41) is 0. The van der Waals surface area contributed by atoms with E-state index in [0.29, 0.717) is 0 Å². The first-order valence-electron chi connectivity index (χ1n) is 5.43. The lowest BCUT2D eigenvalue weighted by molar-refractivity contribution is 1.27. The van der Waals surface area contributed by atoms with Crippen LogP contribution in [0, 0.1) is 0 Å². The van der Waals surface area contributed by atoms with Crippen molar-refractivity contribution in [2.75, 3.05) is 0 Å². The van der Waals surface area contributed by atoms with E-state index < -0.39 is 0 Å². The second-order valence-corrected chi connectivity index (χ2v) is 3.71. The van der Waals surface area contributed by atoms with Crippen LogP contribution in [0.15, 0.2) is 67.3 Å². The van der Waals surface area contributed by atoms with Gasteiger partial charge in [-0.25, -0.2) is 0 Å². The number of benzene rings is 1. The molecule has 0 unspecified atom stereocenters. The molecular weight excluding hydrogens is 192 g/mol. The molecule has 0 fully saturated rings. The minimum atomic E-state index is 0.945. The number of hydrogen-bond acceptors (Lipinski definition) is 0. The minimum Gasteiger partial charge on any atom is -0.0991 e. The van der Waals surface area contributed by atoms with Gasteiger partial charge in [0.25, 0.3) is 0 Å². The number of rotatable bonds is 5. The van der Waals surface area contributed by atoms with Crippen molar-refractivity contribution >= 4 is 6.08 Å². The van der Waals surface area contributed by atoms with Crippen LogP contribution >= 0.6 is 0 Å². The lowest BCUT2D eigenvalue weighted by Gasteiger charge is -2.00. The molecule has 0 atom stereocenters. The van der Waals surface area contributed by atoms with Gasteiger partial charge < -0.3 is 0 Å². The molecule has 82 valence electrons. The molecule has 0 spiro atoms. The Hall–Kier alpha value is -1.82. The average molecular weight is 210 g/mol. The van der Waals surface area contributed by atoms with Gasteiger partial charge in [0.1, 0.15) is 0 Å². The molecule has 0 nitrogen and oxygen atoms in total. The summed E-state index contributed by atoms with van der Waals surface area (Å²) in [6.45, 7) is 9.45. The van der Waals surface area contributed by atoms with Gasteiger partial charge in [-0.15, -0.1) is 0 Å². The molecular formula is C16H18. The van der Waals surface area contributed by atoms with Crippen LogP contribution in [0.25, 0.3) is 6.08 Å². The summed E-state index contributed by atoms with van der Waals surface area (Å²) in [7, 11) is 0. The lowest BCUT2D eigenvalue weighted by atomic mass is 10.1. The third kappa shape index (κ3) is 4.14. The van der Waals surface area contributed by atoms with E-state index in [1.807, 2.05) is 12.2 Å². The normalized spacial score (nSPS) is 11.7. The van der Waals surface area contributed by atoms with E-state index in [1.165, 1.54) is 16.7 Å². The fourth-order valence-electron chi connectivity index (χ4n) is 1.43. The second kappa shape index (κ2) is 6.62. The van der Waals surface area contributed by atoms with E-state index in [-0.39, 0.29) is 0 Å². The Morgan fingerprint density at radius 2 is 2.12 bits per heavy atom. The van der Waals surface area contributed by atoms with Crippen molar-refractivity contribution in [3.63, 3.8) is 0 Å². The third-order valence-electron chi connectivity index (χ3n) is 2.29. The summed E-state index contributed by atoms with van der Waals surface area (Å²) in [5.41, 5.74) is 3.71. The van der Waals surface area contributed by atoms with Gasteiger partial charge in [-0.1, -0.05) is 73.4 Å². The van der Waals surface area contributed by atoms with Gasteiger partial charge in [0.05, 0.1) is 0 Å². The van der Waals surface area contributed by atoms with E-state index in [0.717, 1.165) is 6.42 Å². The molecule has 0 saturated carbocycles. The molecule has 0 radical (unpaired) electrons. The smallest absolute Gasteiger partial charge is 0.00941 e.